The number of hydrogen-bond acceptors (Lipinski definition) is 4. The minimum Gasteiger partial charge on any atom is -1.00 e. The first-order valence-corrected chi connectivity index (χ1v) is 21.1. The summed E-state index contributed by atoms with van der Waals surface area (Å²) < 4.78 is 80.6. The van der Waals surface area contributed by atoms with E-state index in [0.29, 0.717) is 64.7 Å². The standard InChI is InChI=1S/C23H21BrF3NO2.C23H19BrF3NO2.B.Na.H/c2*24-18-7-3-5-16-19(29)14-22(21(16)18)10-12-28(13-11-22)20(30)9-8-15-4-1-2-6-17(15)23(25,26)27;;;/h1-9,19,29H,10-14H2;1-9H,10-14H2;;;/q;;;+1;-1/b2*9-8+;;;. The van der Waals surface area contributed by atoms with Gasteiger partial charge < -0.3 is 16.3 Å². The topological polar surface area (TPSA) is 77.9 Å². The van der Waals surface area contributed by atoms with Gasteiger partial charge in [-0.15, -0.1) is 0 Å². The molecule has 1 unspecified atom stereocenters. The van der Waals surface area contributed by atoms with E-state index < -0.39 is 29.6 Å². The Balaban J connectivity index is 0.000000264. The van der Waals surface area contributed by atoms with E-state index in [1.165, 1.54) is 60.7 Å². The number of piperidine rings is 2. The second kappa shape index (κ2) is 19.7. The molecule has 2 aliphatic carbocycles. The maximum atomic E-state index is 13.1. The van der Waals surface area contributed by atoms with Crippen molar-refractivity contribution in [3.63, 3.8) is 0 Å². The van der Waals surface area contributed by atoms with Gasteiger partial charge in [0.2, 0.25) is 11.8 Å². The van der Waals surface area contributed by atoms with Gasteiger partial charge in [-0.05, 0) is 96.3 Å². The predicted octanol–water partition coefficient (Wildman–Crippen LogP) is 7.84. The Morgan fingerprint density at radius 1 is 0.661 bits per heavy atom. The molecule has 2 amide bonds. The van der Waals surface area contributed by atoms with Crippen LogP contribution >= 0.6 is 31.9 Å². The van der Waals surface area contributed by atoms with Gasteiger partial charge in [-0.25, -0.2) is 0 Å². The van der Waals surface area contributed by atoms with Crippen molar-refractivity contribution in [3.05, 3.63) is 151 Å². The number of nitrogens with zero attached hydrogens (tertiary/aromatic N) is 2. The summed E-state index contributed by atoms with van der Waals surface area (Å²) in [6.07, 6.45) is -0.814. The molecule has 2 heterocycles. The van der Waals surface area contributed by atoms with Gasteiger partial charge in [-0.3, -0.25) is 14.4 Å². The number of benzene rings is 4. The van der Waals surface area contributed by atoms with Gasteiger partial charge in [-0.2, -0.15) is 26.3 Å². The molecule has 0 aromatic heterocycles. The number of Topliss-reactive ketones (excluding diaryl/α,β-unsaturated/α-hetero) is 1. The number of alkyl halides is 6. The van der Waals surface area contributed by atoms with Gasteiger partial charge in [-0.1, -0.05) is 92.5 Å². The van der Waals surface area contributed by atoms with Crippen LogP contribution in [0.25, 0.3) is 12.2 Å². The Morgan fingerprint density at radius 2 is 1.10 bits per heavy atom. The van der Waals surface area contributed by atoms with Gasteiger partial charge in [0.05, 0.1) is 17.2 Å². The van der Waals surface area contributed by atoms with Crippen molar-refractivity contribution in [2.24, 2.45) is 0 Å². The smallest absolute Gasteiger partial charge is 1.00 e. The fraction of sp³-hybridized carbons (Fsp3) is 0.326. The third-order valence-electron chi connectivity index (χ3n) is 12.3. The van der Waals surface area contributed by atoms with Crippen molar-refractivity contribution >= 4 is 70.0 Å². The third kappa shape index (κ3) is 10.2. The molecule has 1 atom stereocenters. The average molecular weight is 993 g/mol. The molecule has 16 heteroatoms. The van der Waals surface area contributed by atoms with Crippen molar-refractivity contribution in [2.75, 3.05) is 26.2 Å². The van der Waals surface area contributed by atoms with Gasteiger partial charge in [0.1, 0.15) is 0 Å². The molecule has 6 nitrogen and oxygen atoms in total. The molecule has 319 valence electrons. The van der Waals surface area contributed by atoms with Crippen molar-refractivity contribution in [1.82, 2.24) is 9.80 Å². The van der Waals surface area contributed by atoms with Crippen LogP contribution in [-0.2, 0) is 32.8 Å². The summed E-state index contributed by atoms with van der Waals surface area (Å²) in [5.41, 5.74) is 1.78. The summed E-state index contributed by atoms with van der Waals surface area (Å²) in [7, 11) is 0. The molecule has 8 rings (SSSR count). The summed E-state index contributed by atoms with van der Waals surface area (Å²) in [4.78, 5) is 41.0. The van der Waals surface area contributed by atoms with Crippen molar-refractivity contribution < 1.29 is 76.8 Å². The summed E-state index contributed by atoms with van der Waals surface area (Å²) in [6, 6.07) is 21.8. The first-order chi connectivity index (χ1) is 28.4. The van der Waals surface area contributed by atoms with Crippen molar-refractivity contribution in [2.45, 2.75) is 67.8 Å². The fourth-order valence-corrected chi connectivity index (χ4v) is 10.9. The summed E-state index contributed by atoms with van der Waals surface area (Å²) >= 11 is 7.18. The molecule has 62 heavy (non-hydrogen) atoms. The quantitative estimate of drug-likeness (QED) is 0.129. The number of halogens is 8. The van der Waals surface area contributed by atoms with Crippen molar-refractivity contribution in [3.8, 4) is 0 Å². The van der Waals surface area contributed by atoms with E-state index in [1.807, 2.05) is 36.4 Å². The van der Waals surface area contributed by atoms with E-state index in [0.717, 1.165) is 43.3 Å². The van der Waals surface area contributed by atoms with Crippen LogP contribution in [-0.4, -0.2) is 67.1 Å². The third-order valence-corrected chi connectivity index (χ3v) is 13.6. The van der Waals surface area contributed by atoms with Crippen LogP contribution in [0.5, 0.6) is 0 Å². The number of aliphatic hydroxyl groups is 1. The van der Waals surface area contributed by atoms with E-state index in [-0.39, 0.29) is 79.0 Å². The zero-order valence-corrected chi connectivity index (χ0v) is 38.9. The number of aliphatic hydroxyl groups excluding tert-OH is 1. The number of carbonyl (C=O) groups is 3. The van der Waals surface area contributed by atoms with Crippen LogP contribution in [0.1, 0.15) is 95.4 Å². The molecule has 2 spiro atoms. The number of fused-ring (bicyclic) bond motifs is 4. The zero-order chi connectivity index (χ0) is 43.0. The molecule has 0 saturated carbocycles. The number of rotatable bonds is 4. The van der Waals surface area contributed by atoms with Gasteiger partial charge >= 0.3 is 41.9 Å². The van der Waals surface area contributed by atoms with E-state index in [4.69, 9.17) is 0 Å². The van der Waals surface area contributed by atoms with E-state index in [2.05, 4.69) is 31.9 Å². The monoisotopic (exact) mass is 991 g/mol. The van der Waals surface area contributed by atoms with Crippen LogP contribution in [0.3, 0.4) is 0 Å². The SMILES string of the molecule is O=C(/C=C/c1ccccc1C(F)(F)F)N1CCC2(CC1)CC(O)c1cccc(Br)c12.O=C1CC2(CCN(C(=O)/C=C/c3ccccc3C(F)(F)F)CC2)c2c(Br)cccc21.[B].[H-].[Na+]. The molecule has 4 aliphatic rings. The normalized spacial score (nSPS) is 18.9. The van der Waals surface area contributed by atoms with Gasteiger partial charge in [0.15, 0.2) is 5.78 Å². The maximum absolute atomic E-state index is 13.1. The summed E-state index contributed by atoms with van der Waals surface area (Å²) in [5, 5.41) is 10.5. The van der Waals surface area contributed by atoms with Gasteiger partial charge in [0, 0.05) is 78.5 Å². The predicted molar refractivity (Wildman–Crippen MR) is 230 cm³/mol. The maximum Gasteiger partial charge on any atom is 1.00 e. The molecule has 4 aromatic carbocycles. The minimum atomic E-state index is -4.47. The Kier molecular flexibility index (Phi) is 15.8. The molecular weight excluding hydrogens is 952 g/mol. The van der Waals surface area contributed by atoms with Crippen LogP contribution < -0.4 is 29.6 Å². The number of likely N-dealkylation sites (tertiary alicyclic amines) is 2. The molecule has 3 radical (unpaired) electrons. The molecule has 0 bridgehead atoms. The number of ketones is 1. The molecule has 2 fully saturated rings. The van der Waals surface area contributed by atoms with Crippen LogP contribution in [0, 0.1) is 0 Å². The van der Waals surface area contributed by atoms with Gasteiger partial charge in [0.25, 0.3) is 0 Å². The Morgan fingerprint density at radius 3 is 1.58 bits per heavy atom. The Labute approximate surface area is 398 Å². The molecule has 2 aliphatic heterocycles. The molecule has 1 N–H and O–H groups in total. The average Bonchev–Trinajstić information content (AvgIpc) is 3.66. The first kappa shape index (κ1) is 49.5. The Hall–Kier alpha value is -3.47. The Bertz CT molecular complexity index is 2380. The van der Waals surface area contributed by atoms with Crippen LogP contribution in [0.4, 0.5) is 26.3 Å². The second-order valence-electron chi connectivity index (χ2n) is 15.7. The summed E-state index contributed by atoms with van der Waals surface area (Å²) in [6.45, 7) is 1.91. The molecular formula is C46H41BBr2F6N2NaO4. The number of amides is 2. The van der Waals surface area contributed by atoms with E-state index in [1.54, 1.807) is 9.80 Å². The minimum absolute atomic E-state index is 0. The number of carbonyl (C=O) groups excluding carboxylic acids is 3. The van der Waals surface area contributed by atoms with E-state index in [9.17, 15) is 45.8 Å². The second-order valence-corrected chi connectivity index (χ2v) is 17.4. The van der Waals surface area contributed by atoms with Crippen LogP contribution in [0.15, 0.2) is 106 Å². The first-order valence-electron chi connectivity index (χ1n) is 19.5. The largest absolute Gasteiger partial charge is 1.00 e. The van der Waals surface area contributed by atoms with Crippen molar-refractivity contribution in [1.29, 1.82) is 0 Å². The van der Waals surface area contributed by atoms with E-state index >= 15 is 0 Å². The zero-order valence-electron chi connectivity index (χ0n) is 34.7. The summed E-state index contributed by atoms with van der Waals surface area (Å²) in [5.74, 6) is -0.499. The molecule has 2 saturated heterocycles. The van der Waals surface area contributed by atoms with Crippen LogP contribution in [0.2, 0.25) is 0 Å². The molecule has 4 aromatic rings. The number of hydrogen-bond donors (Lipinski definition) is 1. The fourth-order valence-electron chi connectivity index (χ4n) is 9.27.